The zero-order chi connectivity index (χ0) is 14.0. The van der Waals surface area contributed by atoms with Gasteiger partial charge in [-0.15, -0.1) is 0 Å². The summed E-state index contributed by atoms with van der Waals surface area (Å²) in [5.41, 5.74) is 5.87. The molecule has 0 aliphatic heterocycles. The number of hydrogen-bond acceptors (Lipinski definition) is 3. The summed E-state index contributed by atoms with van der Waals surface area (Å²) < 4.78 is 1.55. The number of nitrogens with two attached hydrogens (primary N) is 1. The second-order valence-corrected chi connectivity index (χ2v) is 5.86. The Hall–Kier alpha value is -1.43. The molecule has 1 amide bonds. The molecule has 0 unspecified atom stereocenters. The average Bonchev–Trinajstić information content (AvgIpc) is 2.78. The number of carbonyl (C=O) groups excluding carboxylic acids is 1. The summed E-state index contributed by atoms with van der Waals surface area (Å²) in [6.07, 6.45) is 5.29. The predicted molar refractivity (Wildman–Crippen MR) is 77.8 cm³/mol. The van der Waals surface area contributed by atoms with Crippen LogP contribution >= 0.6 is 12.2 Å². The lowest BCUT2D eigenvalue weighted by Crippen LogP contribution is -2.58. The molecule has 19 heavy (non-hydrogen) atoms. The Balaban J connectivity index is 2.16. The van der Waals surface area contributed by atoms with Gasteiger partial charge < -0.3 is 11.1 Å². The lowest BCUT2D eigenvalue weighted by molar-refractivity contribution is 0.0891. The Morgan fingerprint density at radius 1 is 1.58 bits per heavy atom. The summed E-state index contributed by atoms with van der Waals surface area (Å²) in [6, 6.07) is 1.69. The van der Waals surface area contributed by atoms with Crippen molar-refractivity contribution in [1.82, 2.24) is 15.1 Å². The van der Waals surface area contributed by atoms with E-state index in [-0.39, 0.29) is 5.91 Å². The molecule has 0 bridgehead atoms. The lowest BCUT2D eigenvalue weighted by atomic mass is 9.77. The van der Waals surface area contributed by atoms with Crippen molar-refractivity contribution in [1.29, 1.82) is 0 Å². The largest absolute Gasteiger partial charge is 0.391 e. The smallest absolute Gasteiger partial charge is 0.270 e. The summed E-state index contributed by atoms with van der Waals surface area (Å²) >= 11 is 5.19. The first-order chi connectivity index (χ1) is 8.94. The fourth-order valence-corrected chi connectivity index (χ4v) is 2.82. The van der Waals surface area contributed by atoms with Crippen LogP contribution in [0, 0.1) is 5.92 Å². The number of carbonyl (C=O) groups is 1. The van der Waals surface area contributed by atoms with E-state index in [1.807, 2.05) is 0 Å². The number of aromatic nitrogens is 2. The topological polar surface area (TPSA) is 72.9 Å². The van der Waals surface area contributed by atoms with E-state index in [0.29, 0.717) is 16.6 Å². The van der Waals surface area contributed by atoms with E-state index in [2.05, 4.69) is 17.3 Å². The Morgan fingerprint density at radius 2 is 2.21 bits per heavy atom. The van der Waals surface area contributed by atoms with Gasteiger partial charge in [0.15, 0.2) is 0 Å². The first-order valence-electron chi connectivity index (χ1n) is 6.55. The van der Waals surface area contributed by atoms with Crippen molar-refractivity contribution in [2.24, 2.45) is 18.7 Å². The van der Waals surface area contributed by atoms with Gasteiger partial charge >= 0.3 is 0 Å². The lowest BCUT2D eigenvalue weighted by Gasteiger charge is -2.39. The number of nitrogens with one attached hydrogen (secondary N) is 1. The second-order valence-electron chi connectivity index (χ2n) is 5.42. The molecule has 0 atom stereocenters. The summed E-state index contributed by atoms with van der Waals surface area (Å²) in [4.78, 5) is 12.7. The zero-order valence-electron chi connectivity index (χ0n) is 11.3. The number of nitrogens with zero attached hydrogens (tertiary/aromatic N) is 2. The molecule has 1 aromatic rings. The van der Waals surface area contributed by atoms with Crippen LogP contribution < -0.4 is 11.1 Å². The van der Waals surface area contributed by atoms with Gasteiger partial charge in [0.2, 0.25) is 0 Å². The van der Waals surface area contributed by atoms with Crippen molar-refractivity contribution in [3.63, 3.8) is 0 Å². The molecule has 1 fully saturated rings. The van der Waals surface area contributed by atoms with Crippen LogP contribution in [0.1, 0.15) is 43.1 Å². The van der Waals surface area contributed by atoms with Crippen molar-refractivity contribution in [3.05, 3.63) is 18.0 Å². The van der Waals surface area contributed by atoms with Gasteiger partial charge in [0.25, 0.3) is 5.91 Å². The summed E-state index contributed by atoms with van der Waals surface area (Å²) in [5.74, 6) is 0.499. The standard InChI is InChI=1S/C13H20N4OS/c1-9-3-6-13(7-4-9,12(14)19)16-11(18)10-5-8-15-17(10)2/h5,8-9H,3-4,6-7H2,1-2H3,(H2,14,19)(H,16,18). The number of amides is 1. The number of thiocarbonyl (C=S) groups is 1. The minimum atomic E-state index is -0.538. The van der Waals surface area contributed by atoms with Crippen LogP contribution in [0.5, 0.6) is 0 Å². The van der Waals surface area contributed by atoms with Gasteiger partial charge in [0.1, 0.15) is 5.69 Å². The van der Waals surface area contributed by atoms with Crippen LogP contribution in [-0.2, 0) is 7.05 Å². The van der Waals surface area contributed by atoms with E-state index in [0.717, 1.165) is 25.7 Å². The highest BCUT2D eigenvalue weighted by molar-refractivity contribution is 7.80. The van der Waals surface area contributed by atoms with Crippen LogP contribution in [-0.4, -0.2) is 26.2 Å². The Bertz CT molecular complexity index is 489. The summed E-state index contributed by atoms with van der Waals surface area (Å²) in [6.45, 7) is 2.21. The molecule has 0 radical (unpaired) electrons. The zero-order valence-corrected chi connectivity index (χ0v) is 12.2. The molecule has 1 saturated carbocycles. The quantitative estimate of drug-likeness (QED) is 0.821. The number of rotatable bonds is 3. The van der Waals surface area contributed by atoms with E-state index in [4.69, 9.17) is 18.0 Å². The molecule has 104 valence electrons. The molecule has 5 nitrogen and oxygen atoms in total. The maximum absolute atomic E-state index is 12.3. The van der Waals surface area contributed by atoms with E-state index < -0.39 is 5.54 Å². The minimum Gasteiger partial charge on any atom is -0.391 e. The molecule has 0 saturated heterocycles. The molecule has 1 aromatic heterocycles. The average molecular weight is 280 g/mol. The van der Waals surface area contributed by atoms with Crippen LogP contribution in [0.3, 0.4) is 0 Å². The molecular formula is C13H20N4OS. The molecule has 3 N–H and O–H groups in total. The third-order valence-electron chi connectivity index (χ3n) is 4.01. The van der Waals surface area contributed by atoms with Crippen LogP contribution in [0.25, 0.3) is 0 Å². The van der Waals surface area contributed by atoms with Crippen molar-refractivity contribution in [2.45, 2.75) is 38.1 Å². The molecule has 1 heterocycles. The van der Waals surface area contributed by atoms with Crippen molar-refractivity contribution in [3.8, 4) is 0 Å². The third kappa shape index (κ3) is 2.78. The van der Waals surface area contributed by atoms with Crippen LogP contribution in [0.2, 0.25) is 0 Å². The van der Waals surface area contributed by atoms with E-state index in [1.165, 1.54) is 0 Å². The van der Waals surface area contributed by atoms with Gasteiger partial charge in [0.05, 0.1) is 10.5 Å². The Morgan fingerprint density at radius 3 is 2.68 bits per heavy atom. The molecular weight excluding hydrogens is 260 g/mol. The van der Waals surface area contributed by atoms with E-state index in [9.17, 15) is 4.79 Å². The predicted octanol–water partition coefficient (Wildman–Crippen LogP) is 1.38. The maximum Gasteiger partial charge on any atom is 0.270 e. The van der Waals surface area contributed by atoms with Gasteiger partial charge in [-0.1, -0.05) is 19.1 Å². The molecule has 0 spiro atoms. The molecule has 6 heteroatoms. The Kier molecular flexibility index (Phi) is 3.89. The Labute approximate surface area is 118 Å². The van der Waals surface area contributed by atoms with Crippen molar-refractivity contribution >= 4 is 23.1 Å². The first kappa shape index (κ1) is 14.0. The minimum absolute atomic E-state index is 0.164. The third-order valence-corrected chi connectivity index (χ3v) is 4.40. The summed E-state index contributed by atoms with van der Waals surface area (Å²) in [5, 5.41) is 7.03. The number of hydrogen-bond donors (Lipinski definition) is 2. The van der Waals surface area contributed by atoms with Gasteiger partial charge in [-0.2, -0.15) is 5.10 Å². The van der Waals surface area contributed by atoms with Crippen molar-refractivity contribution in [2.75, 3.05) is 0 Å². The summed E-state index contributed by atoms with van der Waals surface area (Å²) in [7, 11) is 1.74. The van der Waals surface area contributed by atoms with E-state index >= 15 is 0 Å². The van der Waals surface area contributed by atoms with Gasteiger partial charge in [0, 0.05) is 13.2 Å². The molecule has 1 aliphatic rings. The number of aryl methyl sites for hydroxylation is 1. The van der Waals surface area contributed by atoms with Crippen LogP contribution in [0.15, 0.2) is 12.3 Å². The van der Waals surface area contributed by atoms with Crippen LogP contribution in [0.4, 0.5) is 0 Å². The SMILES string of the molecule is CC1CCC(NC(=O)c2ccnn2C)(C(N)=S)CC1. The second kappa shape index (κ2) is 5.28. The fraction of sp³-hybridized carbons (Fsp3) is 0.615. The van der Waals surface area contributed by atoms with E-state index in [1.54, 1.807) is 24.0 Å². The molecule has 0 aromatic carbocycles. The first-order valence-corrected chi connectivity index (χ1v) is 6.96. The maximum atomic E-state index is 12.3. The highest BCUT2D eigenvalue weighted by Gasteiger charge is 2.38. The molecule has 2 rings (SSSR count). The van der Waals surface area contributed by atoms with Gasteiger partial charge in [-0.25, -0.2) is 0 Å². The fourth-order valence-electron chi connectivity index (χ4n) is 2.57. The highest BCUT2D eigenvalue weighted by atomic mass is 32.1. The normalized spacial score (nSPS) is 26.9. The monoisotopic (exact) mass is 280 g/mol. The highest BCUT2D eigenvalue weighted by Crippen LogP contribution is 2.32. The van der Waals surface area contributed by atoms with Gasteiger partial charge in [-0.3, -0.25) is 9.48 Å². The van der Waals surface area contributed by atoms with Gasteiger partial charge in [-0.05, 0) is 37.7 Å². The van der Waals surface area contributed by atoms with Crippen molar-refractivity contribution < 1.29 is 4.79 Å². The molecule has 1 aliphatic carbocycles.